The van der Waals surface area contributed by atoms with Crippen molar-refractivity contribution >= 4 is 35.2 Å². The predicted octanol–water partition coefficient (Wildman–Crippen LogP) is 3.69. The zero-order valence-electron chi connectivity index (χ0n) is 11.4. The molecule has 0 aliphatic carbocycles. The number of nitrogens with zero attached hydrogens (tertiary/aromatic N) is 1. The average Bonchev–Trinajstić information content (AvgIpc) is 2.85. The maximum absolute atomic E-state index is 11.9. The van der Waals surface area contributed by atoms with E-state index in [0.717, 1.165) is 9.77 Å². The van der Waals surface area contributed by atoms with Crippen LogP contribution in [0, 0.1) is 6.92 Å². The van der Waals surface area contributed by atoms with E-state index in [1.54, 1.807) is 17.6 Å². The van der Waals surface area contributed by atoms with Crippen LogP contribution in [-0.2, 0) is 4.79 Å². The van der Waals surface area contributed by atoms with E-state index in [0.29, 0.717) is 0 Å². The van der Waals surface area contributed by atoms with E-state index >= 15 is 0 Å². The molecule has 1 heterocycles. The molecule has 1 atom stereocenters. The second kappa shape index (κ2) is 7.26. The molecule has 0 spiro atoms. The Morgan fingerprint density at radius 1 is 1.35 bits per heavy atom. The number of hydrazone groups is 1. The largest absolute Gasteiger partial charge is 0.272 e. The van der Waals surface area contributed by atoms with Crippen molar-refractivity contribution in [3.05, 3.63) is 52.2 Å². The van der Waals surface area contributed by atoms with Crippen LogP contribution in [0.25, 0.3) is 0 Å². The Morgan fingerprint density at radius 3 is 2.75 bits per heavy atom. The predicted molar refractivity (Wildman–Crippen MR) is 86.6 cm³/mol. The first-order valence-electron chi connectivity index (χ1n) is 6.25. The third kappa shape index (κ3) is 4.21. The van der Waals surface area contributed by atoms with Gasteiger partial charge in [-0.25, -0.2) is 5.43 Å². The molecule has 2 rings (SSSR count). The van der Waals surface area contributed by atoms with Gasteiger partial charge in [0.1, 0.15) is 0 Å². The highest BCUT2D eigenvalue weighted by Gasteiger charge is 2.13. The number of rotatable bonds is 5. The van der Waals surface area contributed by atoms with Crippen LogP contribution < -0.4 is 5.43 Å². The Bertz CT molecular complexity index is 593. The molecule has 3 nitrogen and oxygen atoms in total. The Kier molecular flexibility index (Phi) is 5.38. The number of thiophene rings is 1. The van der Waals surface area contributed by atoms with E-state index < -0.39 is 0 Å². The van der Waals surface area contributed by atoms with E-state index in [9.17, 15) is 4.79 Å². The minimum Gasteiger partial charge on any atom is -0.272 e. The number of carbonyl (C=O) groups excluding carboxylic acids is 1. The van der Waals surface area contributed by atoms with Crippen molar-refractivity contribution in [2.24, 2.45) is 5.10 Å². The summed E-state index contributed by atoms with van der Waals surface area (Å²) in [6.07, 6.45) is 1.69. The number of nitrogens with one attached hydrogen (secondary N) is 1. The summed E-state index contributed by atoms with van der Waals surface area (Å²) in [5.74, 6) is -0.0932. The maximum atomic E-state index is 11.9. The Morgan fingerprint density at radius 2 is 2.10 bits per heavy atom. The molecule has 0 aliphatic rings. The molecule has 0 bridgehead atoms. The lowest BCUT2D eigenvalue weighted by atomic mass is 10.3. The standard InChI is InChI=1S/C15H16N2OS2/c1-11-8-9-19-14(11)10-16-17-15(18)12(2)20-13-6-4-3-5-7-13/h3-10,12H,1-2H3,(H,17,18)/b16-10-/t12-/m0/s1. The Labute approximate surface area is 127 Å². The lowest BCUT2D eigenvalue weighted by molar-refractivity contribution is -0.120. The lowest BCUT2D eigenvalue weighted by Gasteiger charge is -2.08. The molecule has 0 unspecified atom stereocenters. The zero-order valence-corrected chi connectivity index (χ0v) is 13.0. The minimum atomic E-state index is -0.181. The summed E-state index contributed by atoms with van der Waals surface area (Å²) in [4.78, 5) is 14.1. The van der Waals surface area contributed by atoms with Crippen LogP contribution in [0.5, 0.6) is 0 Å². The van der Waals surface area contributed by atoms with Crippen molar-refractivity contribution in [3.63, 3.8) is 0 Å². The summed E-state index contributed by atoms with van der Waals surface area (Å²) in [5.41, 5.74) is 3.75. The van der Waals surface area contributed by atoms with E-state index in [4.69, 9.17) is 0 Å². The Hall–Kier alpha value is -1.59. The number of thioether (sulfide) groups is 1. The number of benzene rings is 1. The number of amides is 1. The van der Waals surface area contributed by atoms with Crippen LogP contribution in [0.4, 0.5) is 0 Å². The minimum absolute atomic E-state index is 0.0932. The van der Waals surface area contributed by atoms with Gasteiger partial charge in [-0.3, -0.25) is 4.79 Å². The fourth-order valence-electron chi connectivity index (χ4n) is 1.52. The first kappa shape index (κ1) is 14.8. The molecule has 5 heteroatoms. The third-order valence-corrected chi connectivity index (χ3v) is 4.75. The molecular weight excluding hydrogens is 288 g/mol. The van der Waals surface area contributed by atoms with Gasteiger partial charge < -0.3 is 0 Å². The van der Waals surface area contributed by atoms with Gasteiger partial charge in [-0.1, -0.05) is 18.2 Å². The van der Waals surface area contributed by atoms with Crippen molar-refractivity contribution in [3.8, 4) is 0 Å². The number of hydrogen-bond acceptors (Lipinski definition) is 4. The third-order valence-electron chi connectivity index (χ3n) is 2.68. The van der Waals surface area contributed by atoms with Gasteiger partial charge in [0.15, 0.2) is 0 Å². The van der Waals surface area contributed by atoms with Gasteiger partial charge in [0, 0.05) is 9.77 Å². The quantitative estimate of drug-likeness (QED) is 0.520. The average molecular weight is 304 g/mol. The van der Waals surface area contributed by atoms with Crippen molar-refractivity contribution in [2.45, 2.75) is 24.0 Å². The van der Waals surface area contributed by atoms with Gasteiger partial charge in [-0.05, 0) is 43.0 Å². The van der Waals surface area contributed by atoms with E-state index in [-0.39, 0.29) is 11.2 Å². The molecule has 1 amide bonds. The first-order chi connectivity index (χ1) is 9.66. The van der Waals surface area contributed by atoms with E-state index in [1.165, 1.54) is 17.3 Å². The monoisotopic (exact) mass is 304 g/mol. The molecule has 20 heavy (non-hydrogen) atoms. The van der Waals surface area contributed by atoms with Crippen molar-refractivity contribution in [1.29, 1.82) is 0 Å². The summed E-state index contributed by atoms with van der Waals surface area (Å²) in [7, 11) is 0. The van der Waals surface area contributed by atoms with E-state index in [1.807, 2.05) is 55.6 Å². The van der Waals surface area contributed by atoms with Gasteiger partial charge in [0.2, 0.25) is 0 Å². The highest BCUT2D eigenvalue weighted by atomic mass is 32.2. The summed E-state index contributed by atoms with van der Waals surface area (Å²) in [5, 5.41) is 5.83. The van der Waals surface area contributed by atoms with Crippen molar-refractivity contribution < 1.29 is 4.79 Å². The molecule has 1 N–H and O–H groups in total. The SMILES string of the molecule is Cc1ccsc1/C=N\NC(=O)[C@H](C)Sc1ccccc1. The zero-order chi connectivity index (χ0) is 14.4. The lowest BCUT2D eigenvalue weighted by Crippen LogP contribution is -2.26. The molecule has 0 radical (unpaired) electrons. The molecular formula is C15H16N2OS2. The number of aryl methyl sites for hydroxylation is 1. The molecule has 2 aromatic rings. The molecule has 0 fully saturated rings. The maximum Gasteiger partial charge on any atom is 0.253 e. The van der Waals surface area contributed by atoms with Gasteiger partial charge in [-0.2, -0.15) is 5.10 Å². The summed E-state index contributed by atoms with van der Waals surface area (Å²) < 4.78 is 0. The van der Waals surface area contributed by atoms with Crippen LogP contribution >= 0.6 is 23.1 Å². The Balaban J connectivity index is 1.85. The highest BCUT2D eigenvalue weighted by molar-refractivity contribution is 8.00. The van der Waals surface area contributed by atoms with Crippen LogP contribution in [0.15, 0.2) is 51.8 Å². The van der Waals surface area contributed by atoms with Crippen LogP contribution in [0.3, 0.4) is 0 Å². The van der Waals surface area contributed by atoms with Gasteiger partial charge in [0.25, 0.3) is 5.91 Å². The van der Waals surface area contributed by atoms with Crippen molar-refractivity contribution in [2.75, 3.05) is 0 Å². The topological polar surface area (TPSA) is 41.5 Å². The van der Waals surface area contributed by atoms with Gasteiger partial charge in [0.05, 0.1) is 11.5 Å². The van der Waals surface area contributed by atoms with Crippen LogP contribution in [0.1, 0.15) is 17.4 Å². The summed E-state index contributed by atoms with van der Waals surface area (Å²) in [6, 6.07) is 11.9. The molecule has 104 valence electrons. The molecule has 0 aliphatic heterocycles. The fraction of sp³-hybridized carbons (Fsp3) is 0.200. The fourth-order valence-corrected chi connectivity index (χ4v) is 3.19. The molecule has 1 aromatic heterocycles. The van der Waals surface area contributed by atoms with Gasteiger partial charge in [-0.15, -0.1) is 23.1 Å². The first-order valence-corrected chi connectivity index (χ1v) is 8.01. The smallest absolute Gasteiger partial charge is 0.253 e. The number of carbonyl (C=O) groups is 1. The molecule has 0 saturated heterocycles. The highest BCUT2D eigenvalue weighted by Crippen LogP contribution is 2.22. The van der Waals surface area contributed by atoms with Crippen LogP contribution in [0.2, 0.25) is 0 Å². The normalized spacial score (nSPS) is 12.5. The second-order valence-electron chi connectivity index (χ2n) is 4.28. The van der Waals surface area contributed by atoms with Crippen LogP contribution in [-0.4, -0.2) is 17.4 Å². The molecule has 1 aromatic carbocycles. The van der Waals surface area contributed by atoms with E-state index in [2.05, 4.69) is 10.5 Å². The summed E-state index contributed by atoms with van der Waals surface area (Å²) in [6.45, 7) is 3.90. The van der Waals surface area contributed by atoms with Crippen molar-refractivity contribution in [1.82, 2.24) is 5.43 Å². The number of hydrogen-bond donors (Lipinski definition) is 1. The van der Waals surface area contributed by atoms with Gasteiger partial charge >= 0.3 is 0 Å². The summed E-state index contributed by atoms with van der Waals surface area (Å²) >= 11 is 3.13. The second-order valence-corrected chi connectivity index (χ2v) is 6.64. The molecule has 0 saturated carbocycles.